The van der Waals surface area contributed by atoms with Crippen LogP contribution in [0.2, 0.25) is 0 Å². The smallest absolute Gasteiger partial charge is 0.350 e. The van der Waals surface area contributed by atoms with Crippen molar-refractivity contribution in [1.29, 1.82) is 0 Å². The van der Waals surface area contributed by atoms with Crippen molar-refractivity contribution in [3.8, 4) is 0 Å². The Morgan fingerprint density at radius 1 is 1.46 bits per heavy atom. The molecule has 0 saturated carbocycles. The highest BCUT2D eigenvalue weighted by Gasteiger charge is 2.30. The first-order valence-corrected chi connectivity index (χ1v) is 3.57. The van der Waals surface area contributed by atoms with E-state index in [9.17, 15) is 9.59 Å². The Morgan fingerprint density at radius 2 is 2.00 bits per heavy atom. The fraction of sp³-hybridized carbons (Fsp3) is 0.714. The molecule has 0 radical (unpaired) electrons. The summed E-state index contributed by atoms with van der Waals surface area (Å²) >= 11 is 0. The molecule has 6 heteroatoms. The number of ether oxygens (including phenoxy) is 2. The van der Waals surface area contributed by atoms with Crippen LogP contribution in [0.25, 0.3) is 0 Å². The van der Waals surface area contributed by atoms with E-state index in [-0.39, 0.29) is 0 Å². The molecule has 0 aliphatic heterocycles. The average molecular weight is 192 g/mol. The van der Waals surface area contributed by atoms with Crippen LogP contribution in [0.1, 0.15) is 6.92 Å². The number of aliphatic hydroxyl groups excluding tert-OH is 2. The molecular formula is C7H12O6. The molecule has 0 aliphatic rings. The van der Waals surface area contributed by atoms with Crippen molar-refractivity contribution in [2.24, 2.45) is 0 Å². The quantitative estimate of drug-likeness (QED) is 0.523. The van der Waals surface area contributed by atoms with Gasteiger partial charge in [-0.1, -0.05) is 0 Å². The minimum absolute atomic E-state index is 0.687. The van der Waals surface area contributed by atoms with E-state index in [0.717, 1.165) is 14.0 Å². The number of methoxy groups -OCH3 is 1. The largest absolute Gasteiger partial charge is 0.466 e. The Hall–Kier alpha value is -1.14. The molecule has 76 valence electrons. The van der Waals surface area contributed by atoms with Crippen LogP contribution >= 0.6 is 0 Å². The zero-order valence-electron chi connectivity index (χ0n) is 7.39. The van der Waals surface area contributed by atoms with Gasteiger partial charge in [-0.2, -0.15) is 0 Å². The third-order valence-electron chi connectivity index (χ3n) is 1.26. The van der Waals surface area contributed by atoms with E-state index in [1.54, 1.807) is 0 Å². The van der Waals surface area contributed by atoms with Gasteiger partial charge in [0.05, 0.1) is 13.7 Å². The van der Waals surface area contributed by atoms with E-state index in [0.29, 0.717) is 0 Å². The third kappa shape index (κ3) is 3.86. The summed E-state index contributed by atoms with van der Waals surface area (Å²) in [5, 5.41) is 17.6. The number of carbonyl (C=O) groups is 2. The lowest BCUT2D eigenvalue weighted by molar-refractivity contribution is -0.174. The Labute approximate surface area is 75.1 Å². The van der Waals surface area contributed by atoms with Crippen LogP contribution in [0.3, 0.4) is 0 Å². The number of hydrogen-bond acceptors (Lipinski definition) is 6. The van der Waals surface area contributed by atoms with Crippen molar-refractivity contribution in [2.75, 3.05) is 13.7 Å². The van der Waals surface area contributed by atoms with Gasteiger partial charge in [0.25, 0.3) is 0 Å². The number of rotatable bonds is 4. The molecule has 0 aromatic rings. The summed E-state index contributed by atoms with van der Waals surface area (Å²) in [5.74, 6) is -1.64. The van der Waals surface area contributed by atoms with Gasteiger partial charge in [0.15, 0.2) is 0 Å². The molecule has 13 heavy (non-hydrogen) atoms. The summed E-state index contributed by atoms with van der Waals surface area (Å²) in [6.45, 7) is 0.396. The summed E-state index contributed by atoms with van der Waals surface area (Å²) in [6, 6.07) is 0. The van der Waals surface area contributed by atoms with E-state index in [1.165, 1.54) is 0 Å². The highest BCUT2D eigenvalue weighted by atomic mass is 16.6. The second kappa shape index (κ2) is 5.50. The van der Waals surface area contributed by atoms with Crippen molar-refractivity contribution in [1.82, 2.24) is 0 Å². The van der Waals surface area contributed by atoms with E-state index in [2.05, 4.69) is 9.47 Å². The van der Waals surface area contributed by atoms with Gasteiger partial charge in [-0.3, -0.25) is 4.79 Å². The molecule has 0 heterocycles. The monoisotopic (exact) mass is 192 g/mol. The van der Waals surface area contributed by atoms with Crippen LogP contribution in [-0.4, -0.2) is 48.1 Å². The molecule has 0 bridgehead atoms. The topological polar surface area (TPSA) is 93.1 Å². The van der Waals surface area contributed by atoms with Crippen molar-refractivity contribution in [3.63, 3.8) is 0 Å². The molecule has 0 unspecified atom stereocenters. The Morgan fingerprint density at radius 3 is 2.31 bits per heavy atom. The standard InChI is InChI=1S/C7H12O6/c1-4(9)13-6(5(10)3-8)7(11)12-2/h5-6,8,10H,3H2,1-2H3/t5-,6+/m0/s1. The lowest BCUT2D eigenvalue weighted by Crippen LogP contribution is -2.40. The summed E-state index contributed by atoms with van der Waals surface area (Å²) in [5.41, 5.74) is 0. The fourth-order valence-electron chi connectivity index (χ4n) is 0.674. The maximum atomic E-state index is 10.9. The van der Waals surface area contributed by atoms with Crippen LogP contribution in [0.15, 0.2) is 0 Å². The molecule has 0 aromatic heterocycles. The van der Waals surface area contributed by atoms with E-state index >= 15 is 0 Å². The average Bonchev–Trinajstić information content (AvgIpc) is 2.11. The number of esters is 2. The number of hydrogen-bond donors (Lipinski definition) is 2. The van der Waals surface area contributed by atoms with Crippen LogP contribution in [-0.2, 0) is 19.1 Å². The van der Waals surface area contributed by atoms with Gasteiger partial charge in [0, 0.05) is 6.92 Å². The maximum absolute atomic E-state index is 10.9. The minimum Gasteiger partial charge on any atom is -0.466 e. The van der Waals surface area contributed by atoms with E-state index in [4.69, 9.17) is 10.2 Å². The second-order valence-electron chi connectivity index (χ2n) is 2.30. The van der Waals surface area contributed by atoms with Gasteiger partial charge in [-0.15, -0.1) is 0 Å². The zero-order chi connectivity index (χ0) is 10.4. The van der Waals surface area contributed by atoms with Crippen molar-refractivity contribution in [3.05, 3.63) is 0 Å². The molecule has 0 fully saturated rings. The summed E-state index contributed by atoms with van der Waals surface area (Å²) < 4.78 is 8.68. The van der Waals surface area contributed by atoms with Crippen molar-refractivity contribution >= 4 is 11.9 Å². The summed E-state index contributed by atoms with van der Waals surface area (Å²) in [4.78, 5) is 21.3. The van der Waals surface area contributed by atoms with Crippen LogP contribution in [0.5, 0.6) is 0 Å². The highest BCUT2D eigenvalue weighted by molar-refractivity contribution is 5.79. The molecule has 6 nitrogen and oxygen atoms in total. The first-order chi connectivity index (χ1) is 6.02. The van der Waals surface area contributed by atoms with E-state index < -0.39 is 30.8 Å². The summed E-state index contributed by atoms with van der Waals surface area (Å²) in [7, 11) is 1.09. The van der Waals surface area contributed by atoms with Gasteiger partial charge >= 0.3 is 11.9 Å². The lowest BCUT2D eigenvalue weighted by atomic mass is 10.2. The van der Waals surface area contributed by atoms with Crippen molar-refractivity contribution in [2.45, 2.75) is 19.1 Å². The molecule has 0 rings (SSSR count). The minimum atomic E-state index is -1.47. The number of carbonyl (C=O) groups excluding carboxylic acids is 2. The van der Waals surface area contributed by atoms with Crippen LogP contribution in [0.4, 0.5) is 0 Å². The Bertz CT molecular complexity index is 189. The lowest BCUT2D eigenvalue weighted by Gasteiger charge is -2.18. The SMILES string of the molecule is COC(=O)[C@H](OC(C)=O)[C@@H](O)CO. The molecule has 0 spiro atoms. The molecule has 0 aromatic carbocycles. The summed E-state index contributed by atoms with van der Waals surface area (Å²) in [6.07, 6.45) is -2.93. The van der Waals surface area contributed by atoms with Gasteiger partial charge in [0.2, 0.25) is 6.10 Å². The normalized spacial score (nSPS) is 14.5. The van der Waals surface area contributed by atoms with E-state index in [1.807, 2.05) is 0 Å². The van der Waals surface area contributed by atoms with Crippen LogP contribution < -0.4 is 0 Å². The number of aliphatic hydroxyl groups is 2. The predicted octanol–water partition coefficient (Wildman–Crippen LogP) is -1.56. The Balaban J connectivity index is 4.35. The zero-order valence-corrected chi connectivity index (χ0v) is 7.39. The second-order valence-corrected chi connectivity index (χ2v) is 2.30. The molecule has 2 N–H and O–H groups in total. The van der Waals surface area contributed by atoms with Gasteiger partial charge < -0.3 is 19.7 Å². The first kappa shape index (κ1) is 11.9. The van der Waals surface area contributed by atoms with Gasteiger partial charge in [-0.25, -0.2) is 4.79 Å². The molecule has 0 saturated heterocycles. The maximum Gasteiger partial charge on any atom is 0.350 e. The first-order valence-electron chi connectivity index (χ1n) is 3.57. The van der Waals surface area contributed by atoms with Gasteiger partial charge in [0.1, 0.15) is 6.10 Å². The molecule has 0 aliphatic carbocycles. The fourth-order valence-corrected chi connectivity index (χ4v) is 0.674. The van der Waals surface area contributed by atoms with Gasteiger partial charge in [-0.05, 0) is 0 Å². The highest BCUT2D eigenvalue weighted by Crippen LogP contribution is 2.02. The molecule has 0 amide bonds. The Kier molecular flexibility index (Phi) is 5.01. The third-order valence-corrected chi connectivity index (χ3v) is 1.26. The molecule has 2 atom stereocenters. The van der Waals surface area contributed by atoms with Crippen LogP contribution in [0, 0.1) is 0 Å². The predicted molar refractivity (Wildman–Crippen MR) is 40.7 cm³/mol. The van der Waals surface area contributed by atoms with Crippen molar-refractivity contribution < 1.29 is 29.3 Å². The molecular weight excluding hydrogens is 180 g/mol.